The van der Waals surface area contributed by atoms with Crippen molar-refractivity contribution in [1.29, 1.82) is 0 Å². The largest absolute Gasteiger partial charge is 0.477 e. The van der Waals surface area contributed by atoms with Crippen LogP contribution < -0.4 is 4.74 Å². The van der Waals surface area contributed by atoms with E-state index in [-0.39, 0.29) is 24.5 Å². The minimum Gasteiger partial charge on any atom is -0.477 e. The minimum atomic E-state index is -4.26. The lowest BCUT2D eigenvalue weighted by Crippen LogP contribution is -2.13. The molecule has 0 aliphatic carbocycles. The molecule has 0 aliphatic heterocycles. The maximum Gasteiger partial charge on any atom is 0.389 e. The number of nitrogens with zero attached hydrogens (tertiary/aromatic N) is 2. The molecule has 8 heteroatoms. The summed E-state index contributed by atoms with van der Waals surface area (Å²) in [5, 5.41) is 16.3. The number of carbonyl (C=O) groups is 1. The predicted molar refractivity (Wildman–Crippen MR) is 59.2 cm³/mol. The Bertz CT molecular complexity index is 475. The molecule has 0 spiro atoms. The van der Waals surface area contributed by atoms with Gasteiger partial charge in [0, 0.05) is 6.42 Å². The number of aromatic nitrogens is 2. The number of carboxylic acid groups (broad SMARTS) is 1. The fraction of sp³-hybridized carbons (Fsp3) is 0.545. The highest BCUT2D eigenvalue weighted by molar-refractivity contribution is 5.91. The molecule has 1 aromatic rings. The number of carboxylic acids is 1. The molecule has 0 radical (unpaired) electrons. The second-order valence-electron chi connectivity index (χ2n) is 3.96. The maximum atomic E-state index is 11.9. The normalized spacial score (nSPS) is 11.4. The zero-order valence-electron chi connectivity index (χ0n) is 10.4. The fourth-order valence-corrected chi connectivity index (χ4v) is 1.38. The summed E-state index contributed by atoms with van der Waals surface area (Å²) in [5.41, 5.74) is 0.646. The lowest BCUT2D eigenvalue weighted by Gasteiger charge is -2.11. The average molecular weight is 278 g/mol. The molecule has 106 valence electrons. The van der Waals surface area contributed by atoms with Crippen molar-refractivity contribution < 1.29 is 27.8 Å². The highest BCUT2D eigenvalue weighted by Crippen LogP contribution is 2.23. The van der Waals surface area contributed by atoms with E-state index in [1.54, 1.807) is 6.92 Å². The van der Waals surface area contributed by atoms with Gasteiger partial charge in [0.05, 0.1) is 12.3 Å². The van der Waals surface area contributed by atoms with Gasteiger partial charge in [-0.05, 0) is 25.8 Å². The van der Waals surface area contributed by atoms with Gasteiger partial charge in [-0.25, -0.2) is 4.79 Å². The highest BCUT2D eigenvalue weighted by atomic mass is 19.4. The molecule has 0 saturated heterocycles. The summed E-state index contributed by atoms with van der Waals surface area (Å²) < 4.78 is 40.8. The SMILES string of the molecule is Cc1nnc(OCCCC(F)(F)F)c(C(=O)O)c1C. The van der Waals surface area contributed by atoms with Crippen LogP contribution >= 0.6 is 0 Å². The smallest absolute Gasteiger partial charge is 0.389 e. The van der Waals surface area contributed by atoms with E-state index in [0.717, 1.165) is 0 Å². The van der Waals surface area contributed by atoms with Gasteiger partial charge in [-0.3, -0.25) is 0 Å². The number of aryl methyl sites for hydroxylation is 1. The van der Waals surface area contributed by atoms with Gasteiger partial charge < -0.3 is 9.84 Å². The number of hydrogen-bond donors (Lipinski definition) is 1. The van der Waals surface area contributed by atoms with Crippen molar-refractivity contribution in [2.75, 3.05) is 6.61 Å². The molecular formula is C11H13F3N2O3. The molecule has 0 atom stereocenters. The van der Waals surface area contributed by atoms with E-state index in [1.807, 2.05) is 0 Å². The molecule has 0 amide bonds. The van der Waals surface area contributed by atoms with Crippen LogP contribution in [0.25, 0.3) is 0 Å². The van der Waals surface area contributed by atoms with Gasteiger partial charge in [0.15, 0.2) is 0 Å². The summed E-state index contributed by atoms with van der Waals surface area (Å²) in [6.45, 7) is 2.86. The average Bonchev–Trinajstić information content (AvgIpc) is 2.27. The predicted octanol–water partition coefficient (Wildman–Crippen LogP) is 2.51. The van der Waals surface area contributed by atoms with Crippen molar-refractivity contribution in [3.05, 3.63) is 16.8 Å². The van der Waals surface area contributed by atoms with Crippen molar-refractivity contribution in [3.63, 3.8) is 0 Å². The molecule has 0 unspecified atom stereocenters. The summed E-state index contributed by atoms with van der Waals surface area (Å²) in [7, 11) is 0. The highest BCUT2D eigenvalue weighted by Gasteiger charge is 2.26. The number of ether oxygens (including phenoxy) is 1. The molecule has 1 N–H and O–H groups in total. The van der Waals surface area contributed by atoms with E-state index >= 15 is 0 Å². The van der Waals surface area contributed by atoms with Crippen molar-refractivity contribution >= 4 is 5.97 Å². The van der Waals surface area contributed by atoms with Crippen LogP contribution in [-0.4, -0.2) is 34.1 Å². The van der Waals surface area contributed by atoms with Gasteiger partial charge in [-0.15, -0.1) is 5.10 Å². The Morgan fingerprint density at radius 2 is 1.95 bits per heavy atom. The minimum absolute atomic E-state index is 0.167. The Kier molecular flexibility index (Phi) is 4.68. The van der Waals surface area contributed by atoms with Crippen LogP contribution in [0.1, 0.15) is 34.5 Å². The van der Waals surface area contributed by atoms with E-state index in [0.29, 0.717) is 11.3 Å². The van der Waals surface area contributed by atoms with E-state index in [9.17, 15) is 18.0 Å². The number of hydrogen-bond acceptors (Lipinski definition) is 4. The summed E-state index contributed by atoms with van der Waals surface area (Å²) in [4.78, 5) is 11.1. The Hall–Kier alpha value is -1.86. The molecule has 0 aliphatic rings. The molecule has 0 saturated carbocycles. The van der Waals surface area contributed by atoms with Crippen LogP contribution in [0.3, 0.4) is 0 Å². The Morgan fingerprint density at radius 1 is 1.32 bits per heavy atom. The van der Waals surface area contributed by atoms with Crippen molar-refractivity contribution in [1.82, 2.24) is 10.2 Å². The number of halogens is 3. The maximum absolute atomic E-state index is 11.9. The lowest BCUT2D eigenvalue weighted by molar-refractivity contribution is -0.136. The summed E-state index contributed by atoms with van der Waals surface area (Å²) in [5.74, 6) is -1.50. The molecule has 0 bridgehead atoms. The Morgan fingerprint density at radius 3 is 2.47 bits per heavy atom. The van der Waals surface area contributed by atoms with Gasteiger partial charge in [0.2, 0.25) is 5.88 Å². The first-order chi connectivity index (χ1) is 8.72. The lowest BCUT2D eigenvalue weighted by atomic mass is 10.1. The summed E-state index contributed by atoms with van der Waals surface area (Å²) in [6, 6.07) is 0. The van der Waals surface area contributed by atoms with Crippen LogP contribution in [0.5, 0.6) is 5.88 Å². The third-order valence-electron chi connectivity index (χ3n) is 2.48. The van der Waals surface area contributed by atoms with E-state index in [1.165, 1.54) is 6.92 Å². The van der Waals surface area contributed by atoms with E-state index in [2.05, 4.69) is 10.2 Å². The number of alkyl halides is 3. The molecule has 19 heavy (non-hydrogen) atoms. The molecule has 0 fully saturated rings. The van der Waals surface area contributed by atoms with Crippen LogP contribution in [0.2, 0.25) is 0 Å². The quantitative estimate of drug-likeness (QED) is 0.838. The van der Waals surface area contributed by atoms with Gasteiger partial charge in [-0.2, -0.15) is 18.3 Å². The molecule has 1 aromatic heterocycles. The second-order valence-corrected chi connectivity index (χ2v) is 3.96. The Balaban J connectivity index is 2.74. The molecular weight excluding hydrogens is 265 g/mol. The van der Waals surface area contributed by atoms with Crippen LogP contribution in [-0.2, 0) is 0 Å². The van der Waals surface area contributed by atoms with Gasteiger partial charge in [-0.1, -0.05) is 0 Å². The molecule has 1 rings (SSSR count). The number of rotatable bonds is 5. The van der Waals surface area contributed by atoms with Crippen LogP contribution in [0.15, 0.2) is 0 Å². The summed E-state index contributed by atoms with van der Waals surface area (Å²) in [6.07, 6.45) is -5.52. The zero-order valence-corrected chi connectivity index (χ0v) is 10.4. The second kappa shape index (κ2) is 5.85. The van der Waals surface area contributed by atoms with E-state index < -0.39 is 18.6 Å². The van der Waals surface area contributed by atoms with Crippen LogP contribution in [0.4, 0.5) is 13.2 Å². The van der Waals surface area contributed by atoms with Gasteiger partial charge in [0.1, 0.15) is 5.56 Å². The first-order valence-corrected chi connectivity index (χ1v) is 5.49. The fourth-order valence-electron chi connectivity index (χ4n) is 1.38. The third kappa shape index (κ3) is 4.38. The number of aromatic carboxylic acids is 1. The zero-order chi connectivity index (χ0) is 14.6. The van der Waals surface area contributed by atoms with Crippen LogP contribution in [0, 0.1) is 13.8 Å². The molecule has 1 heterocycles. The molecule has 5 nitrogen and oxygen atoms in total. The van der Waals surface area contributed by atoms with Crippen molar-refractivity contribution in [3.8, 4) is 5.88 Å². The summed E-state index contributed by atoms with van der Waals surface area (Å²) >= 11 is 0. The van der Waals surface area contributed by atoms with Gasteiger partial charge >= 0.3 is 12.1 Å². The van der Waals surface area contributed by atoms with Crippen molar-refractivity contribution in [2.45, 2.75) is 32.9 Å². The first kappa shape index (κ1) is 15.2. The van der Waals surface area contributed by atoms with Crippen molar-refractivity contribution in [2.24, 2.45) is 0 Å². The third-order valence-corrected chi connectivity index (χ3v) is 2.48. The first-order valence-electron chi connectivity index (χ1n) is 5.49. The molecule has 0 aromatic carbocycles. The standard InChI is InChI=1S/C11H13F3N2O3/c1-6-7(2)15-16-9(8(6)10(17)18)19-5-3-4-11(12,13)14/h3-5H2,1-2H3,(H,17,18). The Labute approximate surface area is 107 Å². The topological polar surface area (TPSA) is 72.3 Å². The van der Waals surface area contributed by atoms with E-state index in [4.69, 9.17) is 9.84 Å². The monoisotopic (exact) mass is 278 g/mol. The van der Waals surface area contributed by atoms with Gasteiger partial charge in [0.25, 0.3) is 0 Å².